The Balaban J connectivity index is 1.50. The molecule has 1 fully saturated rings. The predicted octanol–water partition coefficient (Wildman–Crippen LogP) is 1.43. The summed E-state index contributed by atoms with van der Waals surface area (Å²) in [5.41, 5.74) is 2.47. The van der Waals surface area contributed by atoms with E-state index in [4.69, 9.17) is 0 Å². The van der Waals surface area contributed by atoms with Gasteiger partial charge in [0.05, 0.1) is 23.7 Å². The summed E-state index contributed by atoms with van der Waals surface area (Å²) in [7, 11) is 1.75. The Labute approximate surface area is 167 Å². The molecule has 1 atom stereocenters. The highest BCUT2D eigenvalue weighted by Crippen LogP contribution is 2.25. The third-order valence-corrected chi connectivity index (χ3v) is 6.12. The fraction of sp³-hybridized carbons (Fsp3) is 0.476. The third kappa shape index (κ3) is 3.12. The van der Waals surface area contributed by atoms with E-state index >= 15 is 0 Å². The number of rotatable bonds is 3. The molecule has 3 aromatic rings. The zero-order valence-electron chi connectivity index (χ0n) is 16.5. The van der Waals surface area contributed by atoms with Crippen molar-refractivity contribution in [2.45, 2.75) is 51.1 Å². The van der Waals surface area contributed by atoms with Crippen LogP contribution in [0.1, 0.15) is 36.9 Å². The van der Waals surface area contributed by atoms with E-state index in [0.717, 1.165) is 56.3 Å². The van der Waals surface area contributed by atoms with E-state index < -0.39 is 0 Å². The highest BCUT2D eigenvalue weighted by molar-refractivity contribution is 5.74. The van der Waals surface area contributed by atoms with E-state index in [2.05, 4.69) is 20.0 Å². The van der Waals surface area contributed by atoms with Crippen LogP contribution in [-0.2, 0) is 26.4 Å². The minimum atomic E-state index is -0.104. The van der Waals surface area contributed by atoms with Crippen molar-refractivity contribution in [2.24, 2.45) is 7.05 Å². The quantitative estimate of drug-likeness (QED) is 0.670. The molecule has 0 aromatic carbocycles. The van der Waals surface area contributed by atoms with Gasteiger partial charge in [-0.15, -0.1) is 0 Å². The van der Waals surface area contributed by atoms with Crippen LogP contribution in [0.25, 0.3) is 11.0 Å². The number of fused-ring (bicyclic) bond motifs is 2. The van der Waals surface area contributed by atoms with Crippen LogP contribution in [-0.4, -0.2) is 36.9 Å². The molecule has 1 unspecified atom stereocenters. The SMILES string of the molecule is Cn1c(N2CCCC2Cn2nc3c(cc2=O)CCCC3)nc2ncccc2c1=O. The normalized spacial score (nSPS) is 18.9. The summed E-state index contributed by atoms with van der Waals surface area (Å²) in [6.45, 7) is 1.30. The number of aryl methyl sites for hydroxylation is 2. The van der Waals surface area contributed by atoms with Crippen LogP contribution >= 0.6 is 0 Å². The van der Waals surface area contributed by atoms with Crippen molar-refractivity contribution in [3.05, 3.63) is 56.4 Å². The van der Waals surface area contributed by atoms with Crippen molar-refractivity contribution in [3.8, 4) is 0 Å². The molecule has 1 aliphatic carbocycles. The standard InChI is InChI=1S/C21H24N6O2/c1-25-20(29)16-8-4-10-22-19(16)23-21(25)26-11-5-7-15(26)13-27-18(28)12-14-6-2-3-9-17(14)24-27/h4,8,10,12,15H,2-3,5-7,9,11,13H2,1H3. The fourth-order valence-electron chi connectivity index (χ4n) is 4.57. The summed E-state index contributed by atoms with van der Waals surface area (Å²) in [5, 5.41) is 5.19. The second kappa shape index (κ2) is 7.09. The average molecular weight is 392 g/mol. The van der Waals surface area contributed by atoms with Gasteiger partial charge in [0.25, 0.3) is 11.1 Å². The van der Waals surface area contributed by atoms with E-state index in [9.17, 15) is 9.59 Å². The molecule has 29 heavy (non-hydrogen) atoms. The van der Waals surface area contributed by atoms with Gasteiger partial charge in [0.1, 0.15) is 0 Å². The summed E-state index contributed by atoms with van der Waals surface area (Å²) in [4.78, 5) is 36.5. The van der Waals surface area contributed by atoms with Gasteiger partial charge >= 0.3 is 0 Å². The molecular formula is C21H24N6O2. The van der Waals surface area contributed by atoms with Crippen LogP contribution in [0.5, 0.6) is 0 Å². The molecule has 0 spiro atoms. The molecule has 0 saturated carbocycles. The molecule has 0 radical (unpaired) electrons. The highest BCUT2D eigenvalue weighted by atomic mass is 16.1. The molecule has 0 N–H and O–H groups in total. The van der Waals surface area contributed by atoms with Gasteiger partial charge in [0, 0.05) is 25.9 Å². The van der Waals surface area contributed by atoms with Gasteiger partial charge in [-0.25, -0.2) is 9.67 Å². The lowest BCUT2D eigenvalue weighted by Gasteiger charge is -2.27. The Morgan fingerprint density at radius 3 is 2.93 bits per heavy atom. The first-order valence-corrected chi connectivity index (χ1v) is 10.3. The first kappa shape index (κ1) is 18.0. The van der Waals surface area contributed by atoms with Crippen molar-refractivity contribution in [2.75, 3.05) is 11.4 Å². The third-order valence-electron chi connectivity index (χ3n) is 6.12. The highest BCUT2D eigenvalue weighted by Gasteiger charge is 2.29. The molecule has 0 amide bonds. The Morgan fingerprint density at radius 2 is 2.03 bits per heavy atom. The van der Waals surface area contributed by atoms with Gasteiger partial charge in [0.2, 0.25) is 5.95 Å². The lowest BCUT2D eigenvalue weighted by Crippen LogP contribution is -2.40. The number of hydrogen-bond acceptors (Lipinski definition) is 6. The van der Waals surface area contributed by atoms with Gasteiger partial charge in [-0.2, -0.15) is 10.1 Å². The number of nitrogens with zero attached hydrogens (tertiary/aromatic N) is 6. The molecular weight excluding hydrogens is 368 g/mol. The number of aromatic nitrogens is 5. The smallest absolute Gasteiger partial charge is 0.267 e. The lowest BCUT2D eigenvalue weighted by molar-refractivity contribution is 0.468. The van der Waals surface area contributed by atoms with Gasteiger partial charge in [-0.1, -0.05) is 0 Å². The molecule has 1 aliphatic heterocycles. The first-order valence-electron chi connectivity index (χ1n) is 10.3. The largest absolute Gasteiger partial charge is 0.337 e. The van der Waals surface area contributed by atoms with E-state index in [-0.39, 0.29) is 17.2 Å². The number of hydrogen-bond donors (Lipinski definition) is 0. The molecule has 150 valence electrons. The maximum absolute atomic E-state index is 12.8. The summed E-state index contributed by atoms with van der Waals surface area (Å²) in [6, 6.07) is 5.33. The summed E-state index contributed by atoms with van der Waals surface area (Å²) in [5.74, 6) is 0.606. The maximum Gasteiger partial charge on any atom is 0.267 e. The van der Waals surface area contributed by atoms with Crippen LogP contribution in [0.4, 0.5) is 5.95 Å². The van der Waals surface area contributed by atoms with E-state index in [0.29, 0.717) is 23.5 Å². The molecule has 3 aromatic heterocycles. The predicted molar refractivity (Wildman–Crippen MR) is 110 cm³/mol. The topological polar surface area (TPSA) is 85.9 Å². The van der Waals surface area contributed by atoms with Gasteiger partial charge < -0.3 is 4.90 Å². The summed E-state index contributed by atoms with van der Waals surface area (Å²) in [6.07, 6.45) is 7.72. The van der Waals surface area contributed by atoms with Crippen LogP contribution in [0.3, 0.4) is 0 Å². The number of anilines is 1. The monoisotopic (exact) mass is 392 g/mol. The Morgan fingerprint density at radius 1 is 1.17 bits per heavy atom. The first-order chi connectivity index (χ1) is 14.1. The average Bonchev–Trinajstić information content (AvgIpc) is 3.19. The Kier molecular flexibility index (Phi) is 4.41. The van der Waals surface area contributed by atoms with Crippen molar-refractivity contribution in [1.29, 1.82) is 0 Å². The zero-order valence-corrected chi connectivity index (χ0v) is 16.5. The second-order valence-corrected chi connectivity index (χ2v) is 7.98. The maximum atomic E-state index is 12.8. The van der Waals surface area contributed by atoms with E-state index in [1.807, 2.05) is 0 Å². The molecule has 8 heteroatoms. The van der Waals surface area contributed by atoms with Gasteiger partial charge in [-0.05, 0) is 56.2 Å². The van der Waals surface area contributed by atoms with Crippen LogP contribution in [0.15, 0.2) is 34.0 Å². The molecule has 1 saturated heterocycles. The van der Waals surface area contributed by atoms with Crippen molar-refractivity contribution in [3.63, 3.8) is 0 Å². The zero-order chi connectivity index (χ0) is 20.0. The van der Waals surface area contributed by atoms with Crippen molar-refractivity contribution < 1.29 is 0 Å². The molecule has 4 heterocycles. The fourth-order valence-corrected chi connectivity index (χ4v) is 4.57. The van der Waals surface area contributed by atoms with Crippen LogP contribution in [0, 0.1) is 0 Å². The summed E-state index contributed by atoms with van der Waals surface area (Å²) >= 11 is 0. The second-order valence-electron chi connectivity index (χ2n) is 7.98. The lowest BCUT2D eigenvalue weighted by atomic mass is 9.97. The summed E-state index contributed by atoms with van der Waals surface area (Å²) < 4.78 is 3.19. The van der Waals surface area contributed by atoms with Crippen LogP contribution < -0.4 is 16.0 Å². The molecule has 0 bridgehead atoms. The Bertz CT molecular complexity index is 1200. The minimum absolute atomic E-state index is 0.0421. The van der Waals surface area contributed by atoms with Crippen molar-refractivity contribution in [1.82, 2.24) is 24.3 Å². The van der Waals surface area contributed by atoms with Gasteiger partial charge in [0.15, 0.2) is 5.65 Å². The molecule has 5 rings (SSSR count). The molecule has 2 aliphatic rings. The molecule has 8 nitrogen and oxygen atoms in total. The number of pyridine rings is 1. The van der Waals surface area contributed by atoms with Crippen LogP contribution in [0.2, 0.25) is 0 Å². The van der Waals surface area contributed by atoms with E-state index in [1.165, 1.54) is 0 Å². The minimum Gasteiger partial charge on any atom is -0.337 e. The van der Waals surface area contributed by atoms with Gasteiger partial charge in [-0.3, -0.25) is 14.2 Å². The van der Waals surface area contributed by atoms with Crippen molar-refractivity contribution >= 4 is 17.0 Å². The van der Waals surface area contributed by atoms with E-state index in [1.54, 1.807) is 40.7 Å². The Hall–Kier alpha value is -3.03.